The molecule has 2 rings (SSSR count). The van der Waals surface area contributed by atoms with Gasteiger partial charge in [-0.05, 0) is 42.5 Å². The fourth-order valence-electron chi connectivity index (χ4n) is 1.60. The van der Waals surface area contributed by atoms with Gasteiger partial charge in [-0.15, -0.1) is 0 Å². The number of hydrogen-bond donors (Lipinski definition) is 2. The summed E-state index contributed by atoms with van der Waals surface area (Å²) in [5.74, 6) is -0.461. The van der Waals surface area contributed by atoms with Gasteiger partial charge in [0, 0.05) is 5.02 Å². The van der Waals surface area contributed by atoms with Gasteiger partial charge < -0.3 is 5.32 Å². The minimum Gasteiger partial charge on any atom is -0.331 e. The van der Waals surface area contributed by atoms with Gasteiger partial charge in [0.2, 0.25) is 0 Å². The maximum Gasteiger partial charge on any atom is 0.258 e. The third kappa shape index (κ3) is 4.24. The SMILES string of the molecule is O=C(NC(=S)Nc1cccc(Cl)c1Cl)c1ccc(Cl)cc1Cl. The molecule has 8 heteroatoms. The van der Waals surface area contributed by atoms with E-state index in [4.69, 9.17) is 58.6 Å². The van der Waals surface area contributed by atoms with Crippen LogP contribution in [-0.2, 0) is 0 Å². The average Bonchev–Trinajstić information content (AvgIpc) is 2.43. The quantitative estimate of drug-likeness (QED) is 0.668. The summed E-state index contributed by atoms with van der Waals surface area (Å²) < 4.78 is 0. The van der Waals surface area contributed by atoms with Crippen molar-refractivity contribution in [2.45, 2.75) is 0 Å². The van der Waals surface area contributed by atoms with Gasteiger partial charge >= 0.3 is 0 Å². The topological polar surface area (TPSA) is 41.1 Å². The number of hydrogen-bond acceptors (Lipinski definition) is 2. The lowest BCUT2D eigenvalue weighted by atomic mass is 10.2. The first-order valence-corrected chi connectivity index (χ1v) is 7.82. The van der Waals surface area contributed by atoms with Crippen molar-refractivity contribution in [2.75, 3.05) is 5.32 Å². The molecule has 0 saturated heterocycles. The molecule has 3 nitrogen and oxygen atoms in total. The second-order valence-electron chi connectivity index (χ2n) is 4.13. The molecule has 22 heavy (non-hydrogen) atoms. The molecular formula is C14H8Cl4N2OS. The van der Waals surface area contributed by atoms with E-state index < -0.39 is 5.91 Å². The number of thiocarbonyl (C=S) groups is 1. The standard InChI is InChI=1S/C14H8Cl4N2OS/c15-7-4-5-8(10(17)6-7)13(21)20-14(22)19-11-3-1-2-9(16)12(11)18/h1-6H,(H2,19,20,21,22). The Morgan fingerprint density at radius 3 is 2.41 bits per heavy atom. The Morgan fingerprint density at radius 2 is 1.73 bits per heavy atom. The first kappa shape index (κ1) is 17.3. The highest BCUT2D eigenvalue weighted by molar-refractivity contribution is 7.80. The first-order chi connectivity index (χ1) is 10.4. The number of halogens is 4. The third-order valence-corrected chi connectivity index (χ3v) is 4.17. The molecule has 0 saturated carbocycles. The molecule has 0 aliphatic heterocycles. The number of anilines is 1. The molecule has 0 heterocycles. The van der Waals surface area contributed by atoms with Crippen LogP contribution in [0.25, 0.3) is 0 Å². The smallest absolute Gasteiger partial charge is 0.258 e. The molecule has 0 radical (unpaired) electrons. The largest absolute Gasteiger partial charge is 0.331 e. The van der Waals surface area contributed by atoms with E-state index in [-0.39, 0.29) is 15.7 Å². The normalized spacial score (nSPS) is 10.2. The number of nitrogens with one attached hydrogen (secondary N) is 2. The van der Waals surface area contributed by atoms with E-state index in [9.17, 15) is 4.79 Å². The van der Waals surface area contributed by atoms with Crippen molar-refractivity contribution in [1.29, 1.82) is 0 Å². The molecule has 0 fully saturated rings. The zero-order valence-electron chi connectivity index (χ0n) is 10.8. The zero-order chi connectivity index (χ0) is 16.3. The summed E-state index contributed by atoms with van der Waals surface area (Å²) in [6, 6.07) is 9.58. The van der Waals surface area contributed by atoms with Crippen LogP contribution in [0.15, 0.2) is 36.4 Å². The van der Waals surface area contributed by atoms with Gasteiger partial charge in [-0.3, -0.25) is 10.1 Å². The fourth-order valence-corrected chi connectivity index (χ4v) is 2.64. The molecule has 0 atom stereocenters. The van der Waals surface area contributed by atoms with Crippen molar-refractivity contribution in [3.05, 3.63) is 62.1 Å². The molecule has 0 unspecified atom stereocenters. The Bertz CT molecular complexity index is 752. The summed E-state index contributed by atoms with van der Waals surface area (Å²) in [4.78, 5) is 12.1. The lowest BCUT2D eigenvalue weighted by Crippen LogP contribution is -2.34. The van der Waals surface area contributed by atoms with Crippen LogP contribution >= 0.6 is 58.6 Å². The van der Waals surface area contributed by atoms with E-state index >= 15 is 0 Å². The van der Waals surface area contributed by atoms with E-state index in [1.165, 1.54) is 12.1 Å². The maximum atomic E-state index is 12.1. The van der Waals surface area contributed by atoms with Gasteiger partial charge in [0.25, 0.3) is 5.91 Å². The average molecular weight is 394 g/mol. The fraction of sp³-hybridized carbons (Fsp3) is 0. The Hall–Kier alpha value is -1.04. The number of amides is 1. The summed E-state index contributed by atoms with van der Waals surface area (Å²) in [6.45, 7) is 0. The molecule has 2 N–H and O–H groups in total. The van der Waals surface area contributed by atoms with Gasteiger partial charge in [0.1, 0.15) is 0 Å². The molecule has 0 aliphatic rings. The molecule has 0 aromatic heterocycles. The molecule has 2 aromatic rings. The van der Waals surface area contributed by atoms with Crippen molar-refractivity contribution in [3.63, 3.8) is 0 Å². The van der Waals surface area contributed by atoms with Crippen LogP contribution < -0.4 is 10.6 Å². The number of benzene rings is 2. The number of carbonyl (C=O) groups excluding carboxylic acids is 1. The van der Waals surface area contributed by atoms with E-state index in [2.05, 4.69) is 10.6 Å². The lowest BCUT2D eigenvalue weighted by Gasteiger charge is -2.12. The second kappa shape index (κ2) is 7.49. The van der Waals surface area contributed by atoms with Crippen LogP contribution in [0, 0.1) is 0 Å². The van der Waals surface area contributed by atoms with Crippen LogP contribution in [-0.4, -0.2) is 11.0 Å². The summed E-state index contributed by atoms with van der Waals surface area (Å²) in [5.41, 5.74) is 0.745. The first-order valence-electron chi connectivity index (χ1n) is 5.90. The summed E-state index contributed by atoms with van der Waals surface area (Å²) >= 11 is 28.8. The van der Waals surface area contributed by atoms with Crippen LogP contribution in [0.1, 0.15) is 10.4 Å². The highest BCUT2D eigenvalue weighted by Gasteiger charge is 2.13. The van der Waals surface area contributed by atoms with Gasteiger partial charge in [-0.25, -0.2) is 0 Å². The highest BCUT2D eigenvalue weighted by atomic mass is 35.5. The van der Waals surface area contributed by atoms with Crippen LogP contribution in [0.3, 0.4) is 0 Å². The predicted octanol–water partition coefficient (Wildman–Crippen LogP) is 5.43. The minimum absolute atomic E-state index is 0.0696. The van der Waals surface area contributed by atoms with Crippen LogP contribution in [0.2, 0.25) is 20.1 Å². The molecule has 2 aromatic carbocycles. The van der Waals surface area contributed by atoms with Crippen molar-refractivity contribution in [1.82, 2.24) is 5.32 Å². The Kier molecular flexibility index (Phi) is 5.89. The molecule has 1 amide bonds. The molecule has 0 aliphatic carbocycles. The maximum absolute atomic E-state index is 12.1. The van der Waals surface area contributed by atoms with Gasteiger partial charge in [-0.1, -0.05) is 52.5 Å². The summed E-state index contributed by atoms with van der Waals surface area (Å²) in [7, 11) is 0. The van der Waals surface area contributed by atoms with Crippen LogP contribution in [0.5, 0.6) is 0 Å². The number of carbonyl (C=O) groups is 1. The minimum atomic E-state index is -0.461. The Morgan fingerprint density at radius 1 is 1.00 bits per heavy atom. The Labute approximate surface area is 152 Å². The van der Waals surface area contributed by atoms with E-state index in [1.54, 1.807) is 24.3 Å². The van der Waals surface area contributed by atoms with Gasteiger partial charge in [-0.2, -0.15) is 0 Å². The molecule has 0 spiro atoms. The van der Waals surface area contributed by atoms with E-state index in [0.717, 1.165) is 0 Å². The third-order valence-electron chi connectivity index (χ3n) is 2.60. The second-order valence-corrected chi connectivity index (χ2v) is 6.17. The van der Waals surface area contributed by atoms with Crippen molar-refractivity contribution >= 4 is 75.3 Å². The lowest BCUT2D eigenvalue weighted by molar-refractivity contribution is 0.0978. The van der Waals surface area contributed by atoms with Crippen molar-refractivity contribution in [2.24, 2.45) is 0 Å². The Balaban J connectivity index is 2.08. The zero-order valence-corrected chi connectivity index (χ0v) is 14.6. The van der Waals surface area contributed by atoms with Crippen molar-refractivity contribution < 1.29 is 4.79 Å². The van der Waals surface area contributed by atoms with Gasteiger partial charge in [0.05, 0.1) is 26.3 Å². The predicted molar refractivity (Wildman–Crippen MR) is 96.6 cm³/mol. The highest BCUT2D eigenvalue weighted by Crippen LogP contribution is 2.29. The monoisotopic (exact) mass is 392 g/mol. The summed E-state index contributed by atoms with van der Waals surface area (Å²) in [5, 5.41) is 6.72. The van der Waals surface area contributed by atoms with Crippen LogP contribution in [0.4, 0.5) is 5.69 Å². The van der Waals surface area contributed by atoms with E-state index in [0.29, 0.717) is 20.8 Å². The summed E-state index contributed by atoms with van der Waals surface area (Å²) in [6.07, 6.45) is 0. The van der Waals surface area contributed by atoms with Crippen molar-refractivity contribution in [3.8, 4) is 0 Å². The van der Waals surface area contributed by atoms with E-state index in [1.807, 2.05) is 0 Å². The molecular weight excluding hydrogens is 386 g/mol. The molecule has 114 valence electrons. The molecule has 0 bridgehead atoms. The number of rotatable bonds is 2. The van der Waals surface area contributed by atoms with Gasteiger partial charge in [0.15, 0.2) is 5.11 Å².